The van der Waals surface area contributed by atoms with Gasteiger partial charge in [-0.1, -0.05) is 25.8 Å². The Morgan fingerprint density at radius 3 is 2.76 bits per heavy atom. The molecule has 0 unspecified atom stereocenters. The van der Waals surface area contributed by atoms with Gasteiger partial charge in [-0.2, -0.15) is 0 Å². The third-order valence-corrected chi connectivity index (χ3v) is 6.69. The first-order chi connectivity index (χ1) is 13.8. The van der Waals surface area contributed by atoms with Crippen LogP contribution in [0.5, 0.6) is 0 Å². The number of carboxylic acid groups (broad SMARTS) is 1. The molecule has 8 nitrogen and oxygen atoms in total. The highest BCUT2D eigenvalue weighted by Crippen LogP contribution is 2.58. The quantitative estimate of drug-likeness (QED) is 0.413. The first-order valence-electron chi connectivity index (χ1n) is 10.6. The van der Waals surface area contributed by atoms with E-state index in [2.05, 4.69) is 13.5 Å². The van der Waals surface area contributed by atoms with Gasteiger partial charge in [-0.05, 0) is 26.2 Å². The molecule has 0 aromatic rings. The Morgan fingerprint density at radius 2 is 2.17 bits per heavy atom. The van der Waals surface area contributed by atoms with Gasteiger partial charge in [-0.15, -0.1) is 6.58 Å². The predicted octanol–water partition coefficient (Wildman–Crippen LogP) is 1.03. The van der Waals surface area contributed by atoms with Gasteiger partial charge < -0.3 is 24.7 Å². The van der Waals surface area contributed by atoms with E-state index in [4.69, 9.17) is 4.74 Å². The van der Waals surface area contributed by atoms with Crippen molar-refractivity contribution in [3.63, 3.8) is 0 Å². The number of rotatable bonds is 10. The molecule has 0 aromatic heterocycles. The Morgan fingerprint density at radius 1 is 1.45 bits per heavy atom. The summed E-state index contributed by atoms with van der Waals surface area (Å²) in [5.41, 5.74) is -1.13. The lowest BCUT2D eigenvalue weighted by molar-refractivity contribution is -0.153. The van der Waals surface area contributed by atoms with Crippen molar-refractivity contribution in [3.8, 4) is 0 Å². The van der Waals surface area contributed by atoms with Crippen LogP contribution in [-0.4, -0.2) is 81.3 Å². The number of aliphatic hydroxyl groups excluding tert-OH is 1. The van der Waals surface area contributed by atoms with Crippen LogP contribution < -0.4 is 0 Å². The van der Waals surface area contributed by atoms with E-state index in [0.717, 1.165) is 19.3 Å². The lowest BCUT2D eigenvalue weighted by Crippen LogP contribution is -2.58. The van der Waals surface area contributed by atoms with Crippen molar-refractivity contribution in [1.29, 1.82) is 0 Å². The summed E-state index contributed by atoms with van der Waals surface area (Å²) in [6, 6.07) is -1.52. The smallest absolute Gasteiger partial charge is 0.310 e. The second-order valence-corrected chi connectivity index (χ2v) is 8.45. The van der Waals surface area contributed by atoms with Crippen LogP contribution in [0.3, 0.4) is 0 Å². The van der Waals surface area contributed by atoms with E-state index in [1.807, 2.05) is 0 Å². The van der Waals surface area contributed by atoms with Crippen LogP contribution in [0.4, 0.5) is 0 Å². The topological polar surface area (TPSA) is 107 Å². The van der Waals surface area contributed by atoms with Gasteiger partial charge in [-0.3, -0.25) is 14.4 Å². The average Bonchev–Trinajstić information content (AvgIpc) is 3.33. The molecule has 6 atom stereocenters. The molecule has 0 radical (unpaired) electrons. The molecule has 2 amide bonds. The van der Waals surface area contributed by atoms with Crippen molar-refractivity contribution >= 4 is 17.8 Å². The molecule has 8 heteroatoms. The molecule has 2 N–H and O–H groups in total. The molecule has 3 aliphatic heterocycles. The van der Waals surface area contributed by atoms with E-state index in [-0.39, 0.29) is 12.5 Å². The van der Waals surface area contributed by atoms with E-state index >= 15 is 0 Å². The number of amides is 2. The summed E-state index contributed by atoms with van der Waals surface area (Å²) in [5.74, 6) is -3.54. The number of ether oxygens (including phenoxy) is 1. The van der Waals surface area contributed by atoms with Crippen LogP contribution in [0.15, 0.2) is 12.7 Å². The van der Waals surface area contributed by atoms with Gasteiger partial charge in [0.05, 0.1) is 30.6 Å². The van der Waals surface area contributed by atoms with Crippen LogP contribution in [0.1, 0.15) is 46.0 Å². The van der Waals surface area contributed by atoms with Gasteiger partial charge in [0.15, 0.2) is 0 Å². The Bertz CT molecular complexity index is 682. The second kappa shape index (κ2) is 8.44. The minimum absolute atomic E-state index is 0.246. The number of nitrogens with zero attached hydrogens (tertiary/aromatic N) is 2. The maximum Gasteiger partial charge on any atom is 0.310 e. The SMILES string of the molecule is C=CCN(CCCCC)C(=O)[C@H]1N([C@H](C)CO)C(=O)[C@@H]2[C@@H](C(=O)O)[C@H]3CC[C@]21O3. The van der Waals surface area contributed by atoms with Crippen molar-refractivity contribution in [1.82, 2.24) is 9.80 Å². The zero-order chi connectivity index (χ0) is 21.3. The summed E-state index contributed by atoms with van der Waals surface area (Å²) >= 11 is 0. The highest BCUT2D eigenvalue weighted by Gasteiger charge is 2.75. The number of hydrogen-bond donors (Lipinski definition) is 2. The normalized spacial score (nSPS) is 33.6. The van der Waals surface area contributed by atoms with E-state index < -0.39 is 47.5 Å². The van der Waals surface area contributed by atoms with Crippen molar-refractivity contribution in [2.45, 2.75) is 69.7 Å². The monoisotopic (exact) mass is 408 g/mol. The number of hydrogen-bond acceptors (Lipinski definition) is 5. The van der Waals surface area contributed by atoms with Crippen LogP contribution in [0, 0.1) is 11.8 Å². The predicted molar refractivity (Wildman–Crippen MR) is 105 cm³/mol. The average molecular weight is 408 g/mol. The molecule has 0 aliphatic carbocycles. The number of aliphatic hydroxyl groups is 1. The summed E-state index contributed by atoms with van der Waals surface area (Å²) in [6.45, 7) is 8.08. The van der Waals surface area contributed by atoms with Crippen LogP contribution >= 0.6 is 0 Å². The van der Waals surface area contributed by atoms with Gasteiger partial charge >= 0.3 is 5.97 Å². The first-order valence-corrected chi connectivity index (χ1v) is 10.6. The highest BCUT2D eigenvalue weighted by atomic mass is 16.5. The summed E-state index contributed by atoms with van der Waals surface area (Å²) in [4.78, 5) is 42.0. The van der Waals surface area contributed by atoms with E-state index in [9.17, 15) is 24.6 Å². The number of carboxylic acids is 1. The highest BCUT2D eigenvalue weighted by molar-refractivity contribution is 5.98. The third-order valence-electron chi connectivity index (χ3n) is 6.69. The van der Waals surface area contributed by atoms with Crippen molar-refractivity contribution < 1.29 is 29.3 Å². The van der Waals surface area contributed by atoms with Gasteiger partial charge in [0.1, 0.15) is 11.6 Å². The molecule has 3 fully saturated rings. The van der Waals surface area contributed by atoms with Gasteiger partial charge in [0, 0.05) is 13.1 Å². The number of fused-ring (bicyclic) bond motifs is 1. The molecule has 3 rings (SSSR count). The molecular weight excluding hydrogens is 376 g/mol. The molecule has 3 aliphatic rings. The number of aliphatic carboxylic acids is 1. The Hall–Kier alpha value is -1.93. The fourth-order valence-corrected chi connectivity index (χ4v) is 5.39. The molecule has 3 saturated heterocycles. The lowest BCUT2D eigenvalue weighted by atomic mass is 9.70. The van der Waals surface area contributed by atoms with Gasteiger partial charge in [-0.25, -0.2) is 0 Å². The van der Waals surface area contributed by atoms with Crippen LogP contribution in [0.25, 0.3) is 0 Å². The number of carbonyl (C=O) groups excluding carboxylic acids is 2. The second-order valence-electron chi connectivity index (χ2n) is 8.45. The molecule has 1 spiro atoms. The zero-order valence-electron chi connectivity index (χ0n) is 17.2. The summed E-state index contributed by atoms with van der Waals surface area (Å²) in [5, 5.41) is 19.5. The van der Waals surface area contributed by atoms with Crippen LogP contribution in [-0.2, 0) is 19.1 Å². The first kappa shape index (κ1) is 21.8. The van der Waals surface area contributed by atoms with Crippen molar-refractivity contribution in [2.24, 2.45) is 11.8 Å². The largest absolute Gasteiger partial charge is 0.481 e. The molecular formula is C21H32N2O6. The van der Waals surface area contributed by atoms with Crippen LogP contribution in [0.2, 0.25) is 0 Å². The Kier molecular flexibility index (Phi) is 6.33. The molecule has 3 heterocycles. The van der Waals surface area contributed by atoms with Gasteiger partial charge in [0.25, 0.3) is 0 Å². The fraction of sp³-hybridized carbons (Fsp3) is 0.762. The number of likely N-dealkylation sites (tertiary alicyclic amines) is 1. The minimum Gasteiger partial charge on any atom is -0.481 e. The minimum atomic E-state index is -1.13. The Balaban J connectivity index is 1.99. The van der Waals surface area contributed by atoms with Crippen molar-refractivity contribution in [2.75, 3.05) is 19.7 Å². The lowest BCUT2D eigenvalue weighted by Gasteiger charge is -2.38. The summed E-state index contributed by atoms with van der Waals surface area (Å²) in [6.07, 6.45) is 4.93. The summed E-state index contributed by atoms with van der Waals surface area (Å²) < 4.78 is 6.14. The zero-order valence-corrected chi connectivity index (χ0v) is 17.2. The maximum absolute atomic E-state index is 13.7. The van der Waals surface area contributed by atoms with E-state index in [0.29, 0.717) is 25.9 Å². The van der Waals surface area contributed by atoms with E-state index in [1.165, 1.54) is 4.90 Å². The van der Waals surface area contributed by atoms with Gasteiger partial charge in [0.2, 0.25) is 11.8 Å². The summed E-state index contributed by atoms with van der Waals surface area (Å²) in [7, 11) is 0. The Labute approximate surface area is 171 Å². The third kappa shape index (κ3) is 3.36. The molecule has 162 valence electrons. The van der Waals surface area contributed by atoms with E-state index in [1.54, 1.807) is 17.9 Å². The number of carbonyl (C=O) groups is 3. The molecule has 29 heavy (non-hydrogen) atoms. The van der Waals surface area contributed by atoms with Crippen molar-refractivity contribution in [3.05, 3.63) is 12.7 Å². The standard InChI is InChI=1S/C21H32N2O6/c1-4-6-7-11-22(10-5-2)19(26)17-21-9-8-14(29-21)15(20(27)28)16(21)18(25)23(17)13(3)12-24/h5,13-17,24H,2,4,6-12H2,1,3H3,(H,27,28)/t13-,14-,15+,16+,17-,21+/m1/s1. The number of unbranched alkanes of at least 4 members (excludes halogenated alkanes) is 2. The molecule has 2 bridgehead atoms. The maximum atomic E-state index is 13.7. The molecule has 0 saturated carbocycles. The molecule has 0 aromatic carbocycles. The fourth-order valence-electron chi connectivity index (χ4n) is 5.39.